The van der Waals surface area contributed by atoms with E-state index in [0.717, 1.165) is 0 Å². The van der Waals surface area contributed by atoms with Gasteiger partial charge in [0, 0.05) is 24.8 Å². The van der Waals surface area contributed by atoms with Gasteiger partial charge in [-0.2, -0.15) is 0 Å². The van der Waals surface area contributed by atoms with Gasteiger partial charge in [0.1, 0.15) is 0 Å². The van der Waals surface area contributed by atoms with Crippen LogP contribution in [-0.2, 0) is 4.79 Å². The fourth-order valence-electron chi connectivity index (χ4n) is 2.81. The molecule has 1 saturated heterocycles. The number of benzene rings is 1. The van der Waals surface area contributed by atoms with Crippen molar-refractivity contribution in [1.82, 2.24) is 4.90 Å². The highest BCUT2D eigenvalue weighted by atomic mass is 16.6. The minimum atomic E-state index is -0.931. The van der Waals surface area contributed by atoms with Crippen LogP contribution in [-0.4, -0.2) is 47.1 Å². The van der Waals surface area contributed by atoms with Crippen LogP contribution < -0.4 is 10.1 Å². The fraction of sp³-hybridized carbons (Fsp3) is 0.467. The van der Waals surface area contributed by atoms with Gasteiger partial charge >= 0.3 is 17.7 Å². The topological polar surface area (TPSA) is 122 Å². The number of carboxylic acids is 1. The third kappa shape index (κ3) is 3.92. The third-order valence-corrected chi connectivity index (χ3v) is 3.92. The lowest BCUT2D eigenvalue weighted by Crippen LogP contribution is -2.47. The largest absolute Gasteiger partial charge is 0.490 e. The number of carbonyl (C=O) groups is 2. The summed E-state index contributed by atoms with van der Waals surface area (Å²) >= 11 is 0. The number of urea groups is 1. The molecule has 1 aromatic carbocycles. The van der Waals surface area contributed by atoms with E-state index in [2.05, 4.69) is 5.32 Å². The Balaban J connectivity index is 2.13. The molecular formula is C15H19N3O6. The molecule has 0 saturated carbocycles. The van der Waals surface area contributed by atoms with Gasteiger partial charge in [-0.05, 0) is 24.5 Å². The lowest BCUT2D eigenvalue weighted by atomic mass is 9.91. The molecule has 0 radical (unpaired) electrons. The lowest BCUT2D eigenvalue weighted by molar-refractivity contribution is -0.385. The second-order valence-corrected chi connectivity index (χ2v) is 5.85. The SMILES string of the molecule is COc1ccc(NC(=O)N2CC(C)CC(C(=O)O)C2)cc1[N+](=O)[O-]. The van der Waals surface area contributed by atoms with Gasteiger partial charge in [0.25, 0.3) is 0 Å². The first kappa shape index (κ1) is 17.5. The van der Waals surface area contributed by atoms with Crippen molar-refractivity contribution in [3.05, 3.63) is 28.3 Å². The number of nitrogens with one attached hydrogen (secondary N) is 1. The van der Waals surface area contributed by atoms with Crippen molar-refractivity contribution in [3.63, 3.8) is 0 Å². The molecule has 0 aromatic heterocycles. The van der Waals surface area contributed by atoms with E-state index in [4.69, 9.17) is 9.84 Å². The number of rotatable bonds is 4. The zero-order valence-electron chi connectivity index (χ0n) is 13.4. The molecule has 0 spiro atoms. The van der Waals surface area contributed by atoms with Crippen LogP contribution in [0.1, 0.15) is 13.3 Å². The predicted molar refractivity (Wildman–Crippen MR) is 85.1 cm³/mol. The average molecular weight is 337 g/mol. The van der Waals surface area contributed by atoms with Crippen LogP contribution >= 0.6 is 0 Å². The van der Waals surface area contributed by atoms with Crippen LogP contribution in [0.4, 0.5) is 16.2 Å². The van der Waals surface area contributed by atoms with Gasteiger partial charge in [-0.1, -0.05) is 6.92 Å². The van der Waals surface area contributed by atoms with E-state index in [1.807, 2.05) is 6.92 Å². The van der Waals surface area contributed by atoms with Gasteiger partial charge in [-0.3, -0.25) is 14.9 Å². The van der Waals surface area contributed by atoms with E-state index in [1.54, 1.807) is 0 Å². The standard InChI is InChI=1S/C15H19N3O6/c1-9-5-10(14(19)20)8-17(7-9)15(21)16-11-3-4-13(24-2)12(6-11)18(22)23/h3-4,6,9-10H,5,7-8H2,1-2H3,(H,16,21)(H,19,20). The van der Waals surface area contributed by atoms with Crippen molar-refractivity contribution in [3.8, 4) is 5.75 Å². The summed E-state index contributed by atoms with van der Waals surface area (Å²) in [7, 11) is 1.32. The normalized spacial score (nSPS) is 20.3. The van der Waals surface area contributed by atoms with Gasteiger partial charge < -0.3 is 20.1 Å². The predicted octanol–water partition coefficient (Wildman–Crippen LogP) is 2.18. The number of likely N-dealkylation sites (tertiary alicyclic amines) is 1. The van der Waals surface area contributed by atoms with E-state index < -0.39 is 22.8 Å². The average Bonchev–Trinajstić information content (AvgIpc) is 2.54. The van der Waals surface area contributed by atoms with Crippen molar-refractivity contribution in [1.29, 1.82) is 0 Å². The molecule has 9 nitrogen and oxygen atoms in total. The molecule has 2 unspecified atom stereocenters. The number of methoxy groups -OCH3 is 1. The number of nitro groups is 1. The summed E-state index contributed by atoms with van der Waals surface area (Å²) in [5.74, 6) is -1.38. The minimum absolute atomic E-state index is 0.0656. The lowest BCUT2D eigenvalue weighted by Gasteiger charge is -2.34. The van der Waals surface area contributed by atoms with Crippen molar-refractivity contribution < 1.29 is 24.4 Å². The Labute approximate surface area is 138 Å². The molecule has 1 aromatic rings. The smallest absolute Gasteiger partial charge is 0.321 e. The number of ether oxygens (including phenoxy) is 1. The molecule has 130 valence electrons. The molecule has 2 N–H and O–H groups in total. The van der Waals surface area contributed by atoms with Crippen LogP contribution in [0.5, 0.6) is 5.75 Å². The summed E-state index contributed by atoms with van der Waals surface area (Å²) in [5, 5.41) is 22.7. The number of carbonyl (C=O) groups excluding carboxylic acids is 1. The maximum absolute atomic E-state index is 12.3. The van der Waals surface area contributed by atoms with Crippen LogP contribution in [0.25, 0.3) is 0 Å². The van der Waals surface area contributed by atoms with Crippen LogP contribution in [0.15, 0.2) is 18.2 Å². The maximum Gasteiger partial charge on any atom is 0.321 e. The Morgan fingerprint density at radius 3 is 2.71 bits per heavy atom. The molecule has 2 atom stereocenters. The zero-order chi connectivity index (χ0) is 17.9. The van der Waals surface area contributed by atoms with Crippen molar-refractivity contribution in [2.24, 2.45) is 11.8 Å². The second-order valence-electron chi connectivity index (χ2n) is 5.85. The molecule has 0 aliphatic carbocycles. The number of nitro benzene ring substituents is 1. The number of anilines is 1. The van der Waals surface area contributed by atoms with E-state index in [1.165, 1.54) is 30.2 Å². The molecule has 24 heavy (non-hydrogen) atoms. The van der Waals surface area contributed by atoms with Crippen molar-refractivity contribution in [2.75, 3.05) is 25.5 Å². The molecule has 9 heteroatoms. The Morgan fingerprint density at radius 1 is 1.42 bits per heavy atom. The number of aliphatic carboxylic acids is 1. The van der Waals surface area contributed by atoms with Crippen LogP contribution in [0.2, 0.25) is 0 Å². The highest BCUT2D eigenvalue weighted by Crippen LogP contribution is 2.30. The molecule has 1 aliphatic rings. The van der Waals surface area contributed by atoms with Gasteiger partial charge in [-0.15, -0.1) is 0 Å². The summed E-state index contributed by atoms with van der Waals surface area (Å²) in [6.45, 7) is 2.44. The highest BCUT2D eigenvalue weighted by molar-refractivity contribution is 5.90. The van der Waals surface area contributed by atoms with Crippen LogP contribution in [0, 0.1) is 22.0 Å². The van der Waals surface area contributed by atoms with Gasteiger partial charge in [0.15, 0.2) is 5.75 Å². The number of amides is 2. The monoisotopic (exact) mass is 337 g/mol. The maximum atomic E-state index is 12.3. The first-order valence-corrected chi connectivity index (χ1v) is 7.43. The number of carboxylic acid groups (broad SMARTS) is 1. The van der Waals surface area contributed by atoms with E-state index >= 15 is 0 Å². The Kier molecular flexibility index (Phi) is 5.22. The minimum Gasteiger partial charge on any atom is -0.490 e. The summed E-state index contributed by atoms with van der Waals surface area (Å²) in [5.41, 5.74) is -0.0108. The van der Waals surface area contributed by atoms with Crippen molar-refractivity contribution in [2.45, 2.75) is 13.3 Å². The molecule has 2 rings (SSSR count). The Hall–Kier alpha value is -2.84. The number of hydrogen-bond acceptors (Lipinski definition) is 5. The number of hydrogen-bond donors (Lipinski definition) is 2. The van der Waals surface area contributed by atoms with Gasteiger partial charge in [-0.25, -0.2) is 4.79 Å². The second kappa shape index (κ2) is 7.16. The molecule has 1 aliphatic heterocycles. The Bertz CT molecular complexity index is 663. The quantitative estimate of drug-likeness (QED) is 0.641. The molecule has 2 amide bonds. The molecular weight excluding hydrogens is 318 g/mol. The molecule has 1 heterocycles. The summed E-state index contributed by atoms with van der Waals surface area (Å²) in [6.07, 6.45) is 0.521. The first-order chi connectivity index (χ1) is 11.3. The van der Waals surface area contributed by atoms with Gasteiger partial charge in [0.05, 0.1) is 18.0 Å². The zero-order valence-corrected chi connectivity index (χ0v) is 13.4. The van der Waals surface area contributed by atoms with E-state index in [9.17, 15) is 19.7 Å². The van der Waals surface area contributed by atoms with Crippen LogP contribution in [0.3, 0.4) is 0 Å². The third-order valence-electron chi connectivity index (χ3n) is 3.92. The summed E-state index contributed by atoms with van der Waals surface area (Å²) in [6, 6.07) is 3.62. The fourth-order valence-corrected chi connectivity index (χ4v) is 2.81. The Morgan fingerprint density at radius 2 is 2.12 bits per heavy atom. The van der Waals surface area contributed by atoms with Gasteiger partial charge in [0.2, 0.25) is 0 Å². The molecule has 0 bridgehead atoms. The van der Waals surface area contributed by atoms with Crippen molar-refractivity contribution >= 4 is 23.4 Å². The van der Waals surface area contributed by atoms with E-state index in [-0.39, 0.29) is 29.6 Å². The summed E-state index contributed by atoms with van der Waals surface area (Å²) in [4.78, 5) is 35.3. The summed E-state index contributed by atoms with van der Waals surface area (Å²) < 4.78 is 4.91. The van der Waals surface area contributed by atoms with E-state index in [0.29, 0.717) is 13.0 Å². The number of piperidine rings is 1. The molecule has 1 fully saturated rings. The number of nitrogens with zero attached hydrogens (tertiary/aromatic N) is 2. The first-order valence-electron chi connectivity index (χ1n) is 7.43. The highest BCUT2D eigenvalue weighted by Gasteiger charge is 2.32.